The number of nitrogens with two attached hydrogens (primary N) is 1. The van der Waals surface area contributed by atoms with Gasteiger partial charge in [0.1, 0.15) is 4.90 Å². The zero-order valence-electron chi connectivity index (χ0n) is 12.5. The van der Waals surface area contributed by atoms with Crippen LogP contribution in [0, 0.1) is 0 Å². The molecule has 1 heterocycles. The Morgan fingerprint density at radius 2 is 2.10 bits per heavy atom. The van der Waals surface area contributed by atoms with Gasteiger partial charge in [0.15, 0.2) is 0 Å². The van der Waals surface area contributed by atoms with E-state index in [1.54, 1.807) is 13.0 Å². The number of nitrogens with one attached hydrogen (secondary N) is 1. The number of hydrogen-bond acceptors (Lipinski definition) is 5. The Kier molecular flexibility index (Phi) is 6.25. The van der Waals surface area contributed by atoms with Gasteiger partial charge in [-0.25, -0.2) is 8.42 Å². The van der Waals surface area contributed by atoms with Crippen LogP contribution in [0.5, 0.6) is 0 Å². The smallest absolute Gasteiger partial charge is 0.245 e. The molecule has 0 saturated heterocycles. The normalized spacial score (nSPS) is 11.9. The molecule has 3 N–H and O–H groups in total. The average Bonchev–Trinajstić information content (AvgIpc) is 2.43. The van der Waals surface area contributed by atoms with E-state index >= 15 is 0 Å². The highest BCUT2D eigenvalue weighted by Gasteiger charge is 2.25. The molecule has 0 aliphatic rings. The number of aromatic nitrogens is 1. The van der Waals surface area contributed by atoms with Crippen LogP contribution in [0.3, 0.4) is 0 Å². The van der Waals surface area contributed by atoms with Crippen molar-refractivity contribution in [2.24, 2.45) is 5.73 Å². The molecule has 1 rings (SSSR count). The van der Waals surface area contributed by atoms with Crippen LogP contribution < -0.4 is 11.1 Å². The van der Waals surface area contributed by atoms with Crippen LogP contribution in [-0.2, 0) is 21.4 Å². The van der Waals surface area contributed by atoms with Crippen molar-refractivity contribution in [3.63, 3.8) is 0 Å². The lowest BCUT2D eigenvalue weighted by Gasteiger charge is -2.20. The molecule has 1 amide bonds. The highest BCUT2D eigenvalue weighted by atomic mass is 32.2. The molecule has 8 heteroatoms. The van der Waals surface area contributed by atoms with Gasteiger partial charge in [-0.1, -0.05) is 6.92 Å². The summed E-state index contributed by atoms with van der Waals surface area (Å²) in [5.41, 5.74) is 6.04. The first kappa shape index (κ1) is 17.5. The Bertz CT molecular complexity index is 570. The third-order valence-corrected chi connectivity index (χ3v) is 4.67. The standard InChI is InChI=1S/C13H22N4O3S/c1-4-17(9-13(18)16-10(2)3)21(19,20)12-6-5-11(7-14)15-8-12/h5-6,8,10H,4,7,9,14H2,1-3H3,(H,16,18). The van der Waals surface area contributed by atoms with Crippen LogP contribution >= 0.6 is 0 Å². The number of hydrogen-bond donors (Lipinski definition) is 2. The van der Waals surface area contributed by atoms with Gasteiger partial charge in [-0.3, -0.25) is 9.78 Å². The van der Waals surface area contributed by atoms with E-state index in [1.165, 1.54) is 12.3 Å². The number of likely N-dealkylation sites (N-methyl/N-ethyl adjacent to an activating group) is 1. The van der Waals surface area contributed by atoms with Gasteiger partial charge in [-0.05, 0) is 26.0 Å². The van der Waals surface area contributed by atoms with Crippen LogP contribution in [0.25, 0.3) is 0 Å². The first-order chi connectivity index (χ1) is 9.81. The minimum Gasteiger partial charge on any atom is -0.353 e. The van der Waals surface area contributed by atoms with E-state index in [0.717, 1.165) is 4.31 Å². The fourth-order valence-corrected chi connectivity index (χ4v) is 3.08. The maximum Gasteiger partial charge on any atom is 0.245 e. The number of pyridine rings is 1. The van der Waals surface area contributed by atoms with Gasteiger partial charge in [0.25, 0.3) is 0 Å². The lowest BCUT2D eigenvalue weighted by molar-refractivity contribution is -0.121. The SMILES string of the molecule is CCN(CC(=O)NC(C)C)S(=O)(=O)c1ccc(CN)nc1. The van der Waals surface area contributed by atoms with E-state index in [0.29, 0.717) is 5.69 Å². The second-order valence-corrected chi connectivity index (χ2v) is 6.78. The average molecular weight is 314 g/mol. The van der Waals surface area contributed by atoms with Gasteiger partial charge in [0.2, 0.25) is 15.9 Å². The number of amides is 1. The van der Waals surface area contributed by atoms with Gasteiger partial charge in [-0.15, -0.1) is 0 Å². The van der Waals surface area contributed by atoms with Crippen molar-refractivity contribution >= 4 is 15.9 Å². The van der Waals surface area contributed by atoms with Gasteiger partial charge >= 0.3 is 0 Å². The van der Waals surface area contributed by atoms with Crippen molar-refractivity contribution in [2.75, 3.05) is 13.1 Å². The quantitative estimate of drug-likeness (QED) is 0.741. The predicted molar refractivity (Wildman–Crippen MR) is 79.8 cm³/mol. The molecule has 0 aliphatic carbocycles. The van der Waals surface area contributed by atoms with Gasteiger partial charge in [-0.2, -0.15) is 4.31 Å². The zero-order chi connectivity index (χ0) is 16.0. The van der Waals surface area contributed by atoms with Gasteiger partial charge < -0.3 is 11.1 Å². The van der Waals surface area contributed by atoms with Crippen molar-refractivity contribution in [2.45, 2.75) is 38.3 Å². The number of rotatable bonds is 7. The molecule has 0 bridgehead atoms. The van der Waals surface area contributed by atoms with Crippen molar-refractivity contribution in [1.82, 2.24) is 14.6 Å². The van der Waals surface area contributed by atoms with Crippen LogP contribution in [-0.4, -0.2) is 42.7 Å². The van der Waals surface area contributed by atoms with E-state index in [-0.39, 0.29) is 36.5 Å². The van der Waals surface area contributed by atoms with E-state index < -0.39 is 10.0 Å². The van der Waals surface area contributed by atoms with E-state index in [2.05, 4.69) is 10.3 Å². The third-order valence-electron chi connectivity index (χ3n) is 2.77. The number of carbonyl (C=O) groups excluding carboxylic acids is 1. The van der Waals surface area contributed by atoms with Crippen LogP contribution in [0.2, 0.25) is 0 Å². The lowest BCUT2D eigenvalue weighted by atomic mass is 10.4. The van der Waals surface area contributed by atoms with E-state index in [1.807, 2.05) is 13.8 Å². The van der Waals surface area contributed by atoms with Crippen LogP contribution in [0.15, 0.2) is 23.2 Å². The van der Waals surface area contributed by atoms with Crippen molar-refractivity contribution in [3.05, 3.63) is 24.0 Å². The first-order valence-corrected chi connectivity index (χ1v) is 8.19. The van der Waals surface area contributed by atoms with Crippen molar-refractivity contribution in [1.29, 1.82) is 0 Å². The predicted octanol–water partition coefficient (Wildman–Crippen LogP) is 0.0755. The van der Waals surface area contributed by atoms with E-state index in [4.69, 9.17) is 5.73 Å². The van der Waals surface area contributed by atoms with Crippen LogP contribution in [0.4, 0.5) is 0 Å². The molecule has 0 fully saturated rings. The Morgan fingerprint density at radius 3 is 2.52 bits per heavy atom. The molecule has 0 saturated carbocycles. The summed E-state index contributed by atoms with van der Waals surface area (Å²) in [6.45, 7) is 5.55. The van der Waals surface area contributed by atoms with E-state index in [9.17, 15) is 13.2 Å². The topological polar surface area (TPSA) is 105 Å². The monoisotopic (exact) mass is 314 g/mol. The summed E-state index contributed by atoms with van der Waals surface area (Å²) in [4.78, 5) is 15.8. The Balaban J connectivity index is 2.93. The minimum atomic E-state index is -3.74. The summed E-state index contributed by atoms with van der Waals surface area (Å²) in [6.07, 6.45) is 1.26. The fourth-order valence-electron chi connectivity index (χ4n) is 1.73. The maximum absolute atomic E-state index is 12.5. The molecule has 7 nitrogen and oxygen atoms in total. The molecule has 0 spiro atoms. The molecule has 1 aromatic rings. The summed E-state index contributed by atoms with van der Waals surface area (Å²) < 4.78 is 26.0. The Hall–Kier alpha value is -1.51. The molecule has 21 heavy (non-hydrogen) atoms. The minimum absolute atomic E-state index is 0.0376. The molecule has 0 aromatic carbocycles. The molecule has 0 radical (unpaired) electrons. The largest absolute Gasteiger partial charge is 0.353 e. The highest BCUT2D eigenvalue weighted by Crippen LogP contribution is 2.14. The molecule has 118 valence electrons. The lowest BCUT2D eigenvalue weighted by Crippen LogP contribution is -2.42. The van der Waals surface area contributed by atoms with Crippen molar-refractivity contribution < 1.29 is 13.2 Å². The Morgan fingerprint density at radius 1 is 1.43 bits per heavy atom. The summed E-state index contributed by atoms with van der Waals surface area (Å²) in [7, 11) is -3.74. The van der Waals surface area contributed by atoms with Crippen molar-refractivity contribution in [3.8, 4) is 0 Å². The Labute approximate surface area is 125 Å². The number of carbonyl (C=O) groups is 1. The molecule has 0 atom stereocenters. The zero-order valence-corrected chi connectivity index (χ0v) is 13.4. The number of nitrogens with zero attached hydrogens (tertiary/aromatic N) is 2. The van der Waals surface area contributed by atoms with Gasteiger partial charge in [0, 0.05) is 25.3 Å². The third kappa shape index (κ3) is 4.76. The molecule has 1 aromatic heterocycles. The molecular formula is C13H22N4O3S. The summed E-state index contributed by atoms with van der Waals surface area (Å²) in [5.74, 6) is -0.332. The van der Waals surface area contributed by atoms with Gasteiger partial charge in [0.05, 0.1) is 12.2 Å². The fraction of sp³-hybridized carbons (Fsp3) is 0.538. The summed E-state index contributed by atoms with van der Waals surface area (Å²) >= 11 is 0. The maximum atomic E-state index is 12.5. The first-order valence-electron chi connectivity index (χ1n) is 6.75. The molecule has 0 unspecified atom stereocenters. The second-order valence-electron chi connectivity index (χ2n) is 4.84. The number of sulfonamides is 1. The highest BCUT2D eigenvalue weighted by molar-refractivity contribution is 7.89. The second kappa shape index (κ2) is 7.48. The summed E-state index contributed by atoms with van der Waals surface area (Å²) in [6, 6.07) is 2.98. The molecule has 0 aliphatic heterocycles. The summed E-state index contributed by atoms with van der Waals surface area (Å²) in [5, 5.41) is 2.67. The van der Waals surface area contributed by atoms with Crippen LogP contribution in [0.1, 0.15) is 26.5 Å². The molecular weight excluding hydrogens is 292 g/mol.